The molecule has 0 aliphatic carbocycles. The van der Waals surface area contributed by atoms with Gasteiger partial charge < -0.3 is 20.1 Å². The van der Waals surface area contributed by atoms with Gasteiger partial charge in [-0.05, 0) is 12.1 Å². The summed E-state index contributed by atoms with van der Waals surface area (Å²) >= 11 is 0. The largest absolute Gasteiger partial charge is 0.373 e. The van der Waals surface area contributed by atoms with Crippen molar-refractivity contribution >= 4 is 35.6 Å². The molecule has 8 heteroatoms. The Hall–Kier alpha value is -1.84. The van der Waals surface area contributed by atoms with Crippen molar-refractivity contribution in [2.75, 3.05) is 38.6 Å². The first-order valence-electron chi connectivity index (χ1n) is 8.32. The van der Waals surface area contributed by atoms with Gasteiger partial charge in [0, 0.05) is 52.4 Å². The molecule has 0 bridgehead atoms. The first-order valence-corrected chi connectivity index (χ1v) is 8.32. The van der Waals surface area contributed by atoms with E-state index in [4.69, 9.17) is 0 Å². The molecular weight excluding hydrogens is 429 g/mol. The molecule has 25 heavy (non-hydrogen) atoms. The Morgan fingerprint density at radius 1 is 1.20 bits per heavy atom. The third kappa shape index (κ3) is 6.89. The van der Waals surface area contributed by atoms with Crippen LogP contribution in [0.15, 0.2) is 41.7 Å². The van der Waals surface area contributed by atoms with Gasteiger partial charge in [-0.3, -0.25) is 4.99 Å². The Kier molecular flexibility index (Phi) is 9.90. The number of hydrogen-bond donors (Lipinski definition) is 2. The lowest BCUT2D eigenvalue weighted by atomic mass is 10.3. The number of benzene rings is 1. The number of guanidine groups is 1. The highest BCUT2D eigenvalue weighted by atomic mass is 127. The average Bonchev–Trinajstić information content (AvgIpc) is 3.08. The summed E-state index contributed by atoms with van der Waals surface area (Å²) in [5.41, 5.74) is 1.21. The summed E-state index contributed by atoms with van der Waals surface area (Å²) in [5.74, 6) is 1.81. The number of aryl methyl sites for hydroxylation is 1. The first-order chi connectivity index (χ1) is 11.7. The minimum atomic E-state index is 0. The van der Waals surface area contributed by atoms with Crippen molar-refractivity contribution in [3.63, 3.8) is 0 Å². The zero-order valence-corrected chi connectivity index (χ0v) is 17.5. The summed E-state index contributed by atoms with van der Waals surface area (Å²) in [5, 5.41) is 14.7. The van der Waals surface area contributed by atoms with E-state index in [-0.39, 0.29) is 24.0 Å². The zero-order chi connectivity index (χ0) is 17.2. The highest BCUT2D eigenvalue weighted by molar-refractivity contribution is 14.0. The molecule has 0 fully saturated rings. The predicted octanol–water partition coefficient (Wildman–Crippen LogP) is 1.76. The van der Waals surface area contributed by atoms with Crippen LogP contribution in [0.1, 0.15) is 12.7 Å². The van der Waals surface area contributed by atoms with Gasteiger partial charge in [-0.15, -0.1) is 34.2 Å². The molecule has 0 spiro atoms. The number of halogens is 1. The topological polar surface area (TPSA) is 70.4 Å². The molecular formula is C17H28IN7. The Bertz CT molecular complexity index is 627. The molecule has 0 unspecified atom stereocenters. The lowest BCUT2D eigenvalue weighted by molar-refractivity contribution is 0.632. The maximum Gasteiger partial charge on any atom is 0.191 e. The summed E-state index contributed by atoms with van der Waals surface area (Å²) in [6.45, 7) is 5.39. The summed E-state index contributed by atoms with van der Waals surface area (Å²) in [4.78, 5) is 6.47. The fourth-order valence-electron chi connectivity index (χ4n) is 2.41. The van der Waals surface area contributed by atoms with Crippen LogP contribution in [0.4, 0.5) is 5.69 Å². The van der Waals surface area contributed by atoms with E-state index < -0.39 is 0 Å². The van der Waals surface area contributed by atoms with Gasteiger partial charge in [0.15, 0.2) is 5.96 Å². The molecule has 2 N–H and O–H groups in total. The van der Waals surface area contributed by atoms with Gasteiger partial charge in [0.05, 0.1) is 0 Å². The fraction of sp³-hybridized carbons (Fsp3) is 0.471. The van der Waals surface area contributed by atoms with Gasteiger partial charge in [0.1, 0.15) is 12.2 Å². The molecule has 1 aromatic carbocycles. The molecule has 0 aliphatic rings. The minimum absolute atomic E-state index is 0. The van der Waals surface area contributed by atoms with E-state index in [2.05, 4.69) is 73.5 Å². The van der Waals surface area contributed by atoms with E-state index in [9.17, 15) is 0 Å². The van der Waals surface area contributed by atoms with Crippen LogP contribution in [0.25, 0.3) is 0 Å². The van der Waals surface area contributed by atoms with Gasteiger partial charge >= 0.3 is 0 Å². The van der Waals surface area contributed by atoms with Crippen LogP contribution in [0.3, 0.4) is 0 Å². The molecule has 2 aromatic rings. The number of rotatable bonds is 8. The quantitative estimate of drug-likeness (QED) is 0.359. The van der Waals surface area contributed by atoms with Crippen molar-refractivity contribution in [3.05, 3.63) is 42.5 Å². The van der Waals surface area contributed by atoms with Crippen LogP contribution in [0.2, 0.25) is 0 Å². The van der Waals surface area contributed by atoms with Crippen molar-refractivity contribution in [2.24, 2.45) is 4.99 Å². The Morgan fingerprint density at radius 2 is 1.92 bits per heavy atom. The maximum absolute atomic E-state index is 4.25. The zero-order valence-electron chi connectivity index (χ0n) is 15.1. The van der Waals surface area contributed by atoms with E-state index in [1.165, 1.54) is 5.69 Å². The molecule has 0 saturated heterocycles. The van der Waals surface area contributed by atoms with E-state index >= 15 is 0 Å². The number of likely N-dealkylation sites (N-methyl/N-ethyl adjacent to an activating group) is 1. The SMILES string of the molecule is CCc1nncn1CCNC(=NC)NCCN(C)c1ccccc1.I. The predicted molar refractivity (Wildman–Crippen MR) is 114 cm³/mol. The summed E-state index contributed by atoms with van der Waals surface area (Å²) in [6, 6.07) is 10.3. The number of nitrogens with one attached hydrogen (secondary N) is 2. The number of para-hydroxylation sites is 1. The van der Waals surface area contributed by atoms with Crippen molar-refractivity contribution in [3.8, 4) is 0 Å². The Morgan fingerprint density at radius 3 is 2.60 bits per heavy atom. The fourth-order valence-corrected chi connectivity index (χ4v) is 2.41. The van der Waals surface area contributed by atoms with Crippen LogP contribution >= 0.6 is 24.0 Å². The normalized spacial score (nSPS) is 10.9. The van der Waals surface area contributed by atoms with Gasteiger partial charge in [-0.2, -0.15) is 0 Å². The van der Waals surface area contributed by atoms with Gasteiger partial charge in [0.2, 0.25) is 0 Å². The van der Waals surface area contributed by atoms with E-state index in [1.54, 1.807) is 13.4 Å². The van der Waals surface area contributed by atoms with Crippen molar-refractivity contribution < 1.29 is 0 Å². The van der Waals surface area contributed by atoms with Crippen LogP contribution in [0.5, 0.6) is 0 Å². The molecule has 0 aliphatic heterocycles. The molecule has 2 rings (SSSR count). The highest BCUT2D eigenvalue weighted by Crippen LogP contribution is 2.09. The Labute approximate surface area is 166 Å². The average molecular weight is 457 g/mol. The lowest BCUT2D eigenvalue weighted by Gasteiger charge is -2.20. The molecule has 7 nitrogen and oxygen atoms in total. The van der Waals surface area contributed by atoms with Gasteiger partial charge in [0.25, 0.3) is 0 Å². The van der Waals surface area contributed by atoms with E-state index in [1.807, 2.05) is 6.07 Å². The number of aromatic nitrogens is 3. The van der Waals surface area contributed by atoms with Crippen molar-refractivity contribution in [2.45, 2.75) is 19.9 Å². The van der Waals surface area contributed by atoms with Gasteiger partial charge in [-0.1, -0.05) is 25.1 Å². The van der Waals surface area contributed by atoms with E-state index in [0.717, 1.165) is 44.4 Å². The maximum atomic E-state index is 4.25. The molecule has 1 aromatic heterocycles. The van der Waals surface area contributed by atoms with E-state index in [0.29, 0.717) is 0 Å². The lowest BCUT2D eigenvalue weighted by Crippen LogP contribution is -2.42. The summed E-state index contributed by atoms with van der Waals surface area (Å²) in [7, 11) is 3.87. The standard InChI is InChI=1S/C17H27N7.HI/c1-4-16-22-21-14-24(16)13-11-20-17(18-2)19-10-12-23(3)15-8-6-5-7-9-15;/h5-9,14H,4,10-13H2,1-3H3,(H2,18,19,20);1H. The summed E-state index contributed by atoms with van der Waals surface area (Å²) in [6.07, 6.45) is 2.66. The van der Waals surface area contributed by atoms with Gasteiger partial charge in [-0.25, -0.2) is 0 Å². The molecule has 1 heterocycles. The van der Waals surface area contributed by atoms with Crippen molar-refractivity contribution in [1.82, 2.24) is 25.4 Å². The second-order valence-electron chi connectivity index (χ2n) is 5.48. The monoisotopic (exact) mass is 457 g/mol. The van der Waals surface area contributed by atoms with Crippen LogP contribution < -0.4 is 15.5 Å². The van der Waals surface area contributed by atoms with Crippen molar-refractivity contribution in [1.29, 1.82) is 0 Å². The first kappa shape index (κ1) is 21.2. The minimum Gasteiger partial charge on any atom is -0.373 e. The number of anilines is 1. The summed E-state index contributed by atoms with van der Waals surface area (Å²) < 4.78 is 2.06. The Balaban J connectivity index is 0.00000312. The van der Waals surface area contributed by atoms with Crippen LogP contribution in [-0.4, -0.2) is 54.5 Å². The molecule has 0 atom stereocenters. The highest BCUT2D eigenvalue weighted by Gasteiger charge is 2.03. The third-order valence-electron chi connectivity index (χ3n) is 3.82. The molecule has 138 valence electrons. The second kappa shape index (κ2) is 11.7. The molecule has 0 saturated carbocycles. The van der Waals surface area contributed by atoms with Crippen LogP contribution in [-0.2, 0) is 13.0 Å². The number of hydrogen-bond acceptors (Lipinski definition) is 4. The molecule has 0 radical (unpaired) electrons. The third-order valence-corrected chi connectivity index (χ3v) is 3.82. The molecule has 0 amide bonds. The second-order valence-corrected chi connectivity index (χ2v) is 5.48. The smallest absolute Gasteiger partial charge is 0.191 e. The van der Waals surface area contributed by atoms with Crippen LogP contribution in [0, 0.1) is 0 Å². The number of aliphatic imine (C=N–C) groups is 1. The number of nitrogens with zero attached hydrogens (tertiary/aromatic N) is 5.